The van der Waals surface area contributed by atoms with E-state index in [2.05, 4.69) is 50.0 Å². The Morgan fingerprint density at radius 3 is 0.324 bits per heavy atom. The molecule has 14 rings (SSSR count). The van der Waals surface area contributed by atoms with Crippen molar-refractivity contribution in [2.75, 3.05) is 137 Å². The molecule has 0 unspecified atom stereocenters. The fraction of sp³-hybridized carbons (Fsp3) is 0.306. The number of hydrogen-bond donors (Lipinski definition) is 0. The van der Waals surface area contributed by atoms with Crippen LogP contribution in [-0.4, -0.2) is 185 Å². The number of rotatable bonds is 40. The van der Waals surface area contributed by atoms with Crippen LogP contribution in [0.25, 0.3) is 0 Å². The van der Waals surface area contributed by atoms with Gasteiger partial charge in [-0.25, -0.2) is 38.4 Å². The van der Waals surface area contributed by atoms with Gasteiger partial charge in [-0.3, -0.25) is 0 Å². The van der Waals surface area contributed by atoms with Crippen LogP contribution in [0.3, 0.4) is 0 Å². The van der Waals surface area contributed by atoms with Crippen LogP contribution in [0.5, 0.6) is 0 Å². The van der Waals surface area contributed by atoms with E-state index in [1.54, 1.807) is 188 Å². The molecule has 16 nitrogen and oxygen atoms in total. The molecule has 136 heavy (non-hydrogen) atoms. The minimum Gasteiger partial charge on any atom is -0.465 e. The molecule has 14 heterocycles. The zero-order chi connectivity index (χ0) is 96.7. The normalized spacial score (nSPS) is 20.4. The second-order valence-corrected chi connectivity index (χ2v) is 81.2. The lowest BCUT2D eigenvalue weighted by atomic mass is 10.5. The zero-order valence-corrected chi connectivity index (χ0v) is 111. The molecule has 732 valence electrons. The summed E-state index contributed by atoms with van der Waals surface area (Å²) in [6, 6.07) is 0. The van der Waals surface area contributed by atoms with Gasteiger partial charge in [-0.2, -0.15) is 0 Å². The maximum absolute atomic E-state index is 12.9. The fourth-order valence-electron chi connectivity index (χ4n) is 9.78. The van der Waals surface area contributed by atoms with Crippen LogP contribution < -0.4 is 0 Å². The number of thioether (sulfide) groups is 48. The van der Waals surface area contributed by atoms with E-state index >= 15 is 0 Å². The maximum atomic E-state index is 12.9. The van der Waals surface area contributed by atoms with Crippen LogP contribution in [0.1, 0.15) is 0 Å². The van der Waals surface area contributed by atoms with E-state index in [1.807, 2.05) is 282 Å². The highest BCUT2D eigenvalue weighted by molar-refractivity contribution is 8.53. The van der Waals surface area contributed by atoms with Gasteiger partial charge in [0.1, 0.15) is 39.2 Å². The number of esters is 8. The first-order valence-corrected chi connectivity index (χ1v) is 80.5. The van der Waals surface area contributed by atoms with Gasteiger partial charge in [0.05, 0.1) is 201 Å². The first-order chi connectivity index (χ1) is 65.9. The van der Waals surface area contributed by atoms with E-state index in [-0.39, 0.29) is 39.2 Å². The molecule has 0 amide bonds. The van der Waals surface area contributed by atoms with Gasteiger partial charge in [-0.15, -0.1) is 235 Å². The molecule has 64 heteroatoms. The maximum Gasteiger partial charge on any atom is 0.346 e. The van der Waals surface area contributed by atoms with E-state index in [0.29, 0.717) is 0 Å². The topological polar surface area (TPSA) is 210 Å². The number of carbonyl (C=O) groups excluding carboxylic acids is 8. The van der Waals surface area contributed by atoms with E-state index < -0.39 is 47.8 Å². The fourth-order valence-corrected chi connectivity index (χ4v) is 80.1. The Kier molecular flexibility index (Phi) is 51.4. The van der Waals surface area contributed by atoms with Crippen molar-refractivity contribution in [3.05, 3.63) is 183 Å². The van der Waals surface area contributed by atoms with Crippen LogP contribution in [0.15, 0.2) is 183 Å². The van der Waals surface area contributed by atoms with E-state index in [1.165, 1.54) is 261 Å². The highest BCUT2D eigenvalue weighted by Crippen LogP contribution is 2.75. The lowest BCUT2D eigenvalue weighted by Crippen LogP contribution is -2.08. The summed E-state index contributed by atoms with van der Waals surface area (Å²) in [7, 11) is 10.5. The first-order valence-electron chi connectivity index (χ1n) is 36.0. The highest BCUT2D eigenvalue weighted by atomic mass is 32.3. The summed E-state index contributed by atoms with van der Waals surface area (Å²) in [5.74, 6) is -4.54. The van der Waals surface area contributed by atoms with Crippen molar-refractivity contribution in [1.29, 1.82) is 0 Å². The third kappa shape index (κ3) is 30.1. The van der Waals surface area contributed by atoms with E-state index in [4.69, 9.17) is 37.9 Å². The monoisotopic (exact) mass is 2720 g/mol. The van der Waals surface area contributed by atoms with Gasteiger partial charge < -0.3 is 37.9 Å². The Bertz CT molecular complexity index is 5020. The second-order valence-electron chi connectivity index (χ2n) is 23.3. The summed E-state index contributed by atoms with van der Waals surface area (Å²) in [6.07, 6.45) is 17.0. The van der Waals surface area contributed by atoms with Gasteiger partial charge in [-0.1, -0.05) is 329 Å². The molecule has 0 saturated heterocycles. The van der Waals surface area contributed by atoms with Crippen molar-refractivity contribution in [3.63, 3.8) is 0 Å². The summed E-state index contributed by atoms with van der Waals surface area (Å²) >= 11 is 82.5. The van der Waals surface area contributed by atoms with Gasteiger partial charge in [0.15, 0.2) is 0 Å². The Hall–Kier alpha value is 7.10. The lowest BCUT2D eigenvalue weighted by molar-refractivity contribution is -0.138. The summed E-state index contributed by atoms with van der Waals surface area (Å²) < 4.78 is 80.9. The molecule has 0 aliphatic carbocycles. The lowest BCUT2D eigenvalue weighted by Gasteiger charge is -2.07. The Labute approximate surface area is 992 Å². The molecule has 0 saturated carbocycles. The average molecular weight is 2720 g/mol. The average Bonchev–Trinajstić information content (AvgIpc) is 1.65. The number of hydrogen-bond acceptors (Lipinski definition) is 64. The summed E-state index contributed by atoms with van der Waals surface area (Å²) in [4.78, 5) is 105. The van der Waals surface area contributed by atoms with Crippen molar-refractivity contribution in [1.82, 2.24) is 0 Å². The Morgan fingerprint density at radius 2 is 0.228 bits per heavy atom. The molecular weight excluding hydrogens is 2660 g/mol. The molecule has 14 aliphatic rings. The highest BCUT2D eigenvalue weighted by Gasteiger charge is 2.44. The van der Waals surface area contributed by atoms with Crippen LogP contribution in [0, 0.1) is 0 Å². The summed E-state index contributed by atoms with van der Waals surface area (Å²) in [6.45, 7) is 0. The first kappa shape index (κ1) is 119. The smallest absolute Gasteiger partial charge is 0.346 e. The Balaban J connectivity index is 0.649. The molecule has 0 radical (unpaired) electrons. The third-order valence-electron chi connectivity index (χ3n) is 15.7. The molecule has 0 aromatic heterocycles. The Morgan fingerprint density at radius 1 is 0.147 bits per heavy atom. The quantitative estimate of drug-likeness (QED) is 0.0317. The summed E-state index contributed by atoms with van der Waals surface area (Å²) in [5.41, 5.74) is 0. The minimum atomic E-state index is -0.568. The minimum absolute atomic E-state index is 0.235. The standard InChI is InChI=1S/C72H60O16S48/c1-81-31(73)23-24(32(74)82-2)110-59(109-23)63-119-41(91-11)47(125-63)97-17-105-55-56(106-18-98-48-42(92-12)120-64(126-48)60-111-25(33(75)83-3)26(112-60)34(76)84-4)134-71(133-55)68-123-45(95-15)51(129-68)101-21-103-53-54(132-70(131-53)67-117-39(89-9)40(90-10)118-67)104-22-102-52-46(96-16)124-69(130-52)72-135-57(107-19-99-49-43(93-13)121-65(127-49)61-113-27(35(77)85-5)28(114-61)36(78)86-6)58(136-72)108-20-100-50-44(94-14)122-66(128-50)62-115-29(37(79)87-7)30(116-62)38(80)88-8/h17-22H2,1-16H3. The van der Waals surface area contributed by atoms with Crippen LogP contribution in [-0.2, 0) is 76.3 Å². The van der Waals surface area contributed by atoms with Crippen LogP contribution in [0.4, 0.5) is 0 Å². The molecule has 0 N–H and O–H groups in total. The predicted molar refractivity (Wildman–Crippen MR) is 685 cm³/mol. The van der Waals surface area contributed by atoms with Crippen LogP contribution >= 0.6 is 565 Å². The van der Waals surface area contributed by atoms with Gasteiger partial charge >= 0.3 is 47.8 Å². The second kappa shape index (κ2) is 58.9. The molecule has 0 bridgehead atoms. The number of methoxy groups -OCH3 is 8. The van der Waals surface area contributed by atoms with E-state index in [0.717, 1.165) is 64.4 Å². The molecule has 0 fully saturated rings. The number of ether oxygens (including phenoxy) is 8. The molecule has 0 aromatic carbocycles. The molecule has 0 atom stereocenters. The van der Waals surface area contributed by atoms with Crippen molar-refractivity contribution in [2.45, 2.75) is 0 Å². The zero-order valence-electron chi connectivity index (χ0n) is 71.4. The van der Waals surface area contributed by atoms with Crippen molar-refractivity contribution >= 4 is 612 Å². The van der Waals surface area contributed by atoms with Gasteiger partial charge in [0, 0.05) is 30.5 Å². The van der Waals surface area contributed by atoms with Crippen molar-refractivity contribution < 1.29 is 76.3 Å². The third-order valence-corrected chi connectivity index (χ3v) is 84.3. The van der Waals surface area contributed by atoms with Gasteiger partial charge in [0.25, 0.3) is 0 Å². The van der Waals surface area contributed by atoms with Gasteiger partial charge in [0.2, 0.25) is 0 Å². The SMILES string of the molecule is COC(=O)C1=C(C(=O)OC)SC(=C2SC(SC)=C(SCSC3=C(SCSC4=C(SC)SC(=C5SC(C(=O)OC)=C(C(=O)OC)S5)S4)SC(=C4SC(SC)=C(SCSC5=C(SCSC6=C(SC)SC(=C7SC(SCSC8=C(SC)SC(=C9SC(C(=O)OC)=C(C(=O)OC)S9)S8)=C(SCSC8=C(SC)SC(=C9SC(C(=O)OC)=C(C(=O)OC)S9)S8)S7)S6)SC(=C6SC(SC)=C(SC)S6)S5)S4)S3)S2)S1. The predicted octanol–water partition coefficient (Wildman–Crippen LogP) is 36.5. The van der Waals surface area contributed by atoms with Crippen LogP contribution in [0.2, 0.25) is 0 Å². The molecule has 0 aromatic rings. The largest absolute Gasteiger partial charge is 0.465 e. The van der Waals surface area contributed by atoms with Crippen molar-refractivity contribution in [2.24, 2.45) is 0 Å². The van der Waals surface area contributed by atoms with Crippen molar-refractivity contribution in [3.8, 4) is 0 Å². The van der Waals surface area contributed by atoms with E-state index in [9.17, 15) is 38.4 Å². The number of carbonyl (C=O) groups is 8. The molecular formula is C72H60O16S48. The molecule has 0 spiro atoms. The molecule has 14 aliphatic heterocycles. The van der Waals surface area contributed by atoms with Gasteiger partial charge in [-0.05, 0) is 50.0 Å². The summed E-state index contributed by atoms with van der Waals surface area (Å²) in [5, 5.41) is 4.69.